The first-order valence-corrected chi connectivity index (χ1v) is 11.3. The summed E-state index contributed by atoms with van der Waals surface area (Å²) in [7, 11) is 0. The molecule has 4 aromatic rings. The molecule has 1 aliphatic rings. The molecule has 0 radical (unpaired) electrons. The highest BCUT2D eigenvalue weighted by atomic mass is 79.9. The molecule has 0 spiro atoms. The van der Waals surface area contributed by atoms with Crippen LogP contribution >= 0.6 is 38.9 Å². The monoisotopic (exact) mass is 486 g/mol. The normalized spacial score (nSPS) is 13.2. The van der Waals surface area contributed by atoms with Gasteiger partial charge in [-0.05, 0) is 66.8 Å². The van der Waals surface area contributed by atoms with E-state index in [0.29, 0.717) is 22.6 Å². The molecule has 2 heterocycles. The van der Waals surface area contributed by atoms with E-state index in [4.69, 9.17) is 11.6 Å². The number of hydrogen-bond acceptors (Lipinski definition) is 3. The van der Waals surface area contributed by atoms with Crippen LogP contribution in [0.15, 0.2) is 62.6 Å². The van der Waals surface area contributed by atoms with Gasteiger partial charge in [-0.1, -0.05) is 39.7 Å². The van der Waals surface area contributed by atoms with Gasteiger partial charge in [-0.15, -0.1) is 11.3 Å². The molecule has 146 valence electrons. The minimum atomic E-state index is -0.326. The average Bonchev–Trinajstić information content (AvgIpc) is 3.29. The SMILES string of the molecule is O=c1c2c3c(sc2n(Cc2ccc(Br)cc2)c(=O)n1-c1ccc(Cl)cc1)CCC3. The maximum absolute atomic E-state index is 13.5. The zero-order valence-electron chi connectivity index (χ0n) is 15.3. The number of aryl methyl sites for hydroxylation is 2. The predicted octanol–water partition coefficient (Wildman–Crippen LogP) is 5.17. The first-order valence-electron chi connectivity index (χ1n) is 9.33. The maximum atomic E-state index is 13.5. The van der Waals surface area contributed by atoms with Crippen LogP contribution in [-0.4, -0.2) is 9.13 Å². The van der Waals surface area contributed by atoms with E-state index in [1.165, 1.54) is 9.44 Å². The van der Waals surface area contributed by atoms with Crippen molar-refractivity contribution in [3.05, 3.63) is 94.9 Å². The highest BCUT2D eigenvalue weighted by Gasteiger charge is 2.25. The van der Waals surface area contributed by atoms with Crippen LogP contribution in [-0.2, 0) is 19.4 Å². The first kappa shape index (κ1) is 18.9. The van der Waals surface area contributed by atoms with Gasteiger partial charge in [0.25, 0.3) is 5.56 Å². The number of rotatable bonds is 3. The molecule has 0 N–H and O–H groups in total. The fourth-order valence-corrected chi connectivity index (χ4v) is 5.70. The van der Waals surface area contributed by atoms with Crippen LogP contribution in [0.3, 0.4) is 0 Å². The van der Waals surface area contributed by atoms with Crippen molar-refractivity contribution >= 4 is 49.1 Å². The van der Waals surface area contributed by atoms with Crippen molar-refractivity contribution in [3.8, 4) is 5.69 Å². The van der Waals surface area contributed by atoms with Crippen molar-refractivity contribution < 1.29 is 0 Å². The predicted molar refractivity (Wildman–Crippen MR) is 122 cm³/mol. The van der Waals surface area contributed by atoms with Gasteiger partial charge in [-0.25, -0.2) is 9.36 Å². The average molecular weight is 488 g/mol. The second kappa shape index (κ2) is 7.27. The highest BCUT2D eigenvalue weighted by molar-refractivity contribution is 9.10. The summed E-state index contributed by atoms with van der Waals surface area (Å²) in [5.41, 5.74) is 2.09. The quantitative estimate of drug-likeness (QED) is 0.400. The Bertz CT molecular complexity index is 1350. The molecular formula is C22H16BrClN2O2S. The minimum absolute atomic E-state index is 0.237. The Balaban J connectivity index is 1.81. The van der Waals surface area contributed by atoms with Crippen LogP contribution in [0.25, 0.3) is 15.9 Å². The molecule has 0 saturated carbocycles. The maximum Gasteiger partial charge on any atom is 0.337 e. The van der Waals surface area contributed by atoms with E-state index in [0.717, 1.165) is 39.7 Å². The van der Waals surface area contributed by atoms with E-state index >= 15 is 0 Å². The molecule has 29 heavy (non-hydrogen) atoms. The topological polar surface area (TPSA) is 44.0 Å². The number of nitrogens with zero attached hydrogens (tertiary/aromatic N) is 2. The second-order valence-electron chi connectivity index (χ2n) is 7.15. The van der Waals surface area contributed by atoms with E-state index in [9.17, 15) is 9.59 Å². The lowest BCUT2D eigenvalue weighted by Crippen LogP contribution is -2.39. The Labute approximate surface area is 184 Å². The van der Waals surface area contributed by atoms with Gasteiger partial charge in [0.05, 0.1) is 17.6 Å². The molecule has 4 nitrogen and oxygen atoms in total. The lowest BCUT2D eigenvalue weighted by molar-refractivity contribution is 0.718. The number of benzene rings is 2. The summed E-state index contributed by atoms with van der Waals surface area (Å²) in [6, 6.07) is 14.7. The molecule has 1 aliphatic carbocycles. The van der Waals surface area contributed by atoms with Gasteiger partial charge in [-0.2, -0.15) is 0 Å². The molecule has 7 heteroatoms. The molecule has 0 bridgehead atoms. The summed E-state index contributed by atoms with van der Waals surface area (Å²) in [4.78, 5) is 28.9. The molecule has 2 aromatic carbocycles. The molecule has 2 aromatic heterocycles. The van der Waals surface area contributed by atoms with Crippen molar-refractivity contribution in [1.82, 2.24) is 9.13 Å². The summed E-state index contributed by atoms with van der Waals surface area (Å²) in [6.07, 6.45) is 2.92. The van der Waals surface area contributed by atoms with Crippen molar-refractivity contribution in [2.24, 2.45) is 0 Å². The lowest BCUT2D eigenvalue weighted by Gasteiger charge is -2.13. The van der Waals surface area contributed by atoms with Crippen LogP contribution in [0, 0.1) is 0 Å². The van der Waals surface area contributed by atoms with Gasteiger partial charge in [-0.3, -0.25) is 9.36 Å². The van der Waals surface area contributed by atoms with Crippen LogP contribution in [0.4, 0.5) is 0 Å². The van der Waals surface area contributed by atoms with Crippen molar-refractivity contribution in [2.75, 3.05) is 0 Å². The Hall–Kier alpha value is -2.15. The summed E-state index contributed by atoms with van der Waals surface area (Å²) in [5, 5.41) is 1.25. The zero-order valence-corrected chi connectivity index (χ0v) is 18.5. The number of hydrogen-bond donors (Lipinski definition) is 0. The van der Waals surface area contributed by atoms with E-state index in [-0.39, 0.29) is 11.2 Å². The van der Waals surface area contributed by atoms with Crippen molar-refractivity contribution in [3.63, 3.8) is 0 Å². The van der Waals surface area contributed by atoms with Crippen LogP contribution in [0.2, 0.25) is 5.02 Å². The molecule has 0 fully saturated rings. The number of aromatic nitrogens is 2. The summed E-state index contributed by atoms with van der Waals surface area (Å²) < 4.78 is 4.00. The molecule has 0 amide bonds. The second-order valence-corrected chi connectivity index (χ2v) is 9.59. The Morgan fingerprint density at radius 2 is 1.72 bits per heavy atom. The van der Waals surface area contributed by atoms with E-state index in [2.05, 4.69) is 15.9 Å². The van der Waals surface area contributed by atoms with E-state index in [1.807, 2.05) is 24.3 Å². The smallest absolute Gasteiger partial charge is 0.280 e. The van der Waals surface area contributed by atoms with Crippen molar-refractivity contribution in [2.45, 2.75) is 25.8 Å². The molecule has 0 unspecified atom stereocenters. The third kappa shape index (κ3) is 3.19. The molecule has 0 atom stereocenters. The number of thiophene rings is 1. The Morgan fingerprint density at radius 3 is 2.45 bits per heavy atom. The van der Waals surface area contributed by atoms with Gasteiger partial charge >= 0.3 is 5.69 Å². The van der Waals surface area contributed by atoms with Gasteiger partial charge in [0.1, 0.15) is 4.83 Å². The summed E-state index contributed by atoms with van der Waals surface area (Å²) >= 11 is 11.1. The third-order valence-electron chi connectivity index (χ3n) is 5.33. The Kier molecular flexibility index (Phi) is 4.73. The summed E-state index contributed by atoms with van der Waals surface area (Å²) in [5.74, 6) is 0. The first-order chi connectivity index (χ1) is 14.0. The minimum Gasteiger partial charge on any atom is -0.280 e. The highest BCUT2D eigenvalue weighted by Crippen LogP contribution is 2.35. The molecular weight excluding hydrogens is 472 g/mol. The third-order valence-corrected chi connectivity index (χ3v) is 7.42. The van der Waals surface area contributed by atoms with E-state index < -0.39 is 0 Å². The number of halogens is 2. The van der Waals surface area contributed by atoms with Crippen LogP contribution in [0.5, 0.6) is 0 Å². The molecule has 0 aliphatic heterocycles. The summed E-state index contributed by atoms with van der Waals surface area (Å²) in [6.45, 7) is 0.413. The largest absolute Gasteiger partial charge is 0.337 e. The van der Waals surface area contributed by atoms with Gasteiger partial charge in [0, 0.05) is 14.4 Å². The Morgan fingerprint density at radius 1 is 1.00 bits per heavy atom. The molecule has 5 rings (SSSR count). The fourth-order valence-electron chi connectivity index (χ4n) is 3.94. The number of fused-ring (bicyclic) bond motifs is 3. The van der Waals surface area contributed by atoms with Gasteiger partial charge in [0.15, 0.2) is 0 Å². The zero-order chi connectivity index (χ0) is 20.1. The van der Waals surface area contributed by atoms with Crippen LogP contribution in [0.1, 0.15) is 22.4 Å². The van der Waals surface area contributed by atoms with Crippen molar-refractivity contribution in [1.29, 1.82) is 0 Å². The lowest BCUT2D eigenvalue weighted by atomic mass is 10.2. The molecule has 0 saturated heterocycles. The van der Waals surface area contributed by atoms with Gasteiger partial charge in [0.2, 0.25) is 0 Å². The van der Waals surface area contributed by atoms with E-state index in [1.54, 1.807) is 40.2 Å². The van der Waals surface area contributed by atoms with Crippen LogP contribution < -0.4 is 11.2 Å². The standard InChI is InChI=1S/C22H16BrClN2O2S/c23-14-6-4-13(5-7-14)12-25-21-19(17-2-1-3-18(17)29-21)20(27)26(22(25)28)16-10-8-15(24)9-11-16/h4-11H,1-3,12H2. The fraction of sp³-hybridized carbons (Fsp3) is 0.182. The van der Waals surface area contributed by atoms with Gasteiger partial charge < -0.3 is 0 Å².